The van der Waals surface area contributed by atoms with E-state index in [1.807, 2.05) is 0 Å². The highest BCUT2D eigenvalue weighted by atomic mass is 16.4. The van der Waals surface area contributed by atoms with E-state index in [1.165, 1.54) is 4.90 Å². The van der Waals surface area contributed by atoms with Crippen LogP contribution in [0, 0.1) is 24.2 Å². The van der Waals surface area contributed by atoms with Crippen molar-refractivity contribution in [3.8, 4) is 12.3 Å². The fourth-order valence-electron chi connectivity index (χ4n) is 1.95. The van der Waals surface area contributed by atoms with Gasteiger partial charge in [-0.3, -0.25) is 4.79 Å². The van der Waals surface area contributed by atoms with E-state index in [-0.39, 0.29) is 19.1 Å². The first-order chi connectivity index (χ1) is 7.95. The number of carboxylic acids is 1. The predicted octanol–water partition coefficient (Wildman–Crippen LogP) is 0.714. The number of carbonyl (C=O) groups excluding carboxylic acids is 1. The van der Waals surface area contributed by atoms with Gasteiger partial charge in [0.15, 0.2) is 0 Å². The molecule has 2 atom stereocenters. The van der Waals surface area contributed by atoms with Gasteiger partial charge in [-0.1, -0.05) is 19.8 Å². The Bertz CT molecular complexity index is 338. The third-order valence-corrected chi connectivity index (χ3v) is 3.14. The van der Waals surface area contributed by atoms with Gasteiger partial charge in [0.1, 0.15) is 6.54 Å². The van der Waals surface area contributed by atoms with Crippen LogP contribution in [0.3, 0.4) is 0 Å². The summed E-state index contributed by atoms with van der Waals surface area (Å²) in [6, 6.07) is -0.276. The molecule has 5 heteroatoms. The monoisotopic (exact) mass is 238 g/mol. The quantitative estimate of drug-likeness (QED) is 0.737. The number of hydrogen-bond acceptors (Lipinski definition) is 2. The van der Waals surface area contributed by atoms with Crippen LogP contribution < -0.4 is 0 Å². The van der Waals surface area contributed by atoms with Crippen LogP contribution in [0.4, 0.5) is 4.79 Å². The molecule has 0 bridgehead atoms. The first-order valence-corrected chi connectivity index (χ1v) is 5.64. The van der Waals surface area contributed by atoms with Crippen LogP contribution in [0.15, 0.2) is 0 Å². The van der Waals surface area contributed by atoms with Gasteiger partial charge in [0.25, 0.3) is 0 Å². The molecule has 2 unspecified atom stereocenters. The van der Waals surface area contributed by atoms with Gasteiger partial charge >= 0.3 is 12.0 Å². The summed E-state index contributed by atoms with van der Waals surface area (Å²) in [5.41, 5.74) is 0. The Balaban J connectivity index is 2.65. The van der Waals surface area contributed by atoms with Gasteiger partial charge in [-0.05, 0) is 11.8 Å². The molecule has 1 aliphatic rings. The molecule has 94 valence electrons. The van der Waals surface area contributed by atoms with Crippen molar-refractivity contribution in [3.05, 3.63) is 0 Å². The third-order valence-electron chi connectivity index (χ3n) is 3.14. The average Bonchev–Trinajstić information content (AvgIpc) is 2.57. The van der Waals surface area contributed by atoms with E-state index < -0.39 is 5.97 Å². The molecule has 1 rings (SSSR count). The van der Waals surface area contributed by atoms with E-state index >= 15 is 0 Å². The Kier molecular flexibility index (Phi) is 4.38. The zero-order valence-electron chi connectivity index (χ0n) is 10.2. The lowest BCUT2D eigenvalue weighted by molar-refractivity contribution is -0.137. The molecule has 0 radical (unpaired) electrons. The number of hydrogen-bond donors (Lipinski definition) is 1. The van der Waals surface area contributed by atoms with E-state index in [9.17, 15) is 9.59 Å². The Morgan fingerprint density at radius 3 is 2.35 bits per heavy atom. The highest BCUT2D eigenvalue weighted by Gasteiger charge is 2.32. The minimum Gasteiger partial charge on any atom is -0.480 e. The van der Waals surface area contributed by atoms with E-state index in [0.29, 0.717) is 24.9 Å². The van der Waals surface area contributed by atoms with Crippen molar-refractivity contribution in [2.45, 2.75) is 13.8 Å². The molecule has 0 saturated carbocycles. The molecule has 5 nitrogen and oxygen atoms in total. The number of rotatable bonds is 3. The number of aliphatic carboxylic acids is 1. The summed E-state index contributed by atoms with van der Waals surface area (Å²) in [5.74, 6) is 2.15. The number of amides is 2. The molecular formula is C12H18N2O3. The summed E-state index contributed by atoms with van der Waals surface area (Å²) in [6.45, 7) is 5.19. The van der Waals surface area contributed by atoms with Crippen LogP contribution in [0.1, 0.15) is 13.8 Å². The van der Waals surface area contributed by atoms with Gasteiger partial charge < -0.3 is 14.9 Å². The molecule has 1 heterocycles. The molecule has 0 aliphatic carbocycles. The molecule has 1 saturated heterocycles. The third kappa shape index (κ3) is 3.38. The summed E-state index contributed by atoms with van der Waals surface area (Å²) in [4.78, 5) is 25.6. The van der Waals surface area contributed by atoms with E-state index in [4.69, 9.17) is 11.5 Å². The lowest BCUT2D eigenvalue weighted by atomic mass is 10.0. The Morgan fingerprint density at radius 1 is 1.41 bits per heavy atom. The van der Waals surface area contributed by atoms with Crippen molar-refractivity contribution in [2.24, 2.45) is 11.8 Å². The minimum absolute atomic E-state index is 0.0321. The molecular weight excluding hydrogens is 220 g/mol. The largest absolute Gasteiger partial charge is 0.480 e. The number of likely N-dealkylation sites (tertiary alicyclic amines) is 1. The van der Waals surface area contributed by atoms with Crippen molar-refractivity contribution in [3.63, 3.8) is 0 Å². The molecule has 2 amide bonds. The van der Waals surface area contributed by atoms with Crippen molar-refractivity contribution in [1.29, 1.82) is 0 Å². The van der Waals surface area contributed by atoms with Crippen LogP contribution in [0.2, 0.25) is 0 Å². The topological polar surface area (TPSA) is 60.9 Å². The second-order valence-electron chi connectivity index (χ2n) is 4.60. The summed E-state index contributed by atoms with van der Waals surface area (Å²) >= 11 is 0. The first kappa shape index (κ1) is 13.4. The zero-order valence-corrected chi connectivity index (χ0v) is 10.2. The Hall–Kier alpha value is -1.70. The molecule has 0 aromatic carbocycles. The fourth-order valence-corrected chi connectivity index (χ4v) is 1.95. The molecule has 0 spiro atoms. The lowest BCUT2D eigenvalue weighted by Gasteiger charge is -2.25. The number of urea groups is 1. The number of carbonyl (C=O) groups is 2. The van der Waals surface area contributed by atoms with Crippen molar-refractivity contribution in [2.75, 3.05) is 26.2 Å². The van der Waals surface area contributed by atoms with Gasteiger partial charge in [-0.2, -0.15) is 0 Å². The standard InChI is InChI=1S/C12H18N2O3/c1-4-5-13(8-11(15)16)12(17)14-6-9(2)10(3)7-14/h1,9-10H,5-8H2,2-3H3,(H,15,16). The van der Waals surface area contributed by atoms with Crippen LogP contribution in [-0.4, -0.2) is 53.1 Å². The van der Waals surface area contributed by atoms with Gasteiger partial charge in [0.2, 0.25) is 0 Å². The zero-order chi connectivity index (χ0) is 13.0. The van der Waals surface area contributed by atoms with E-state index in [1.54, 1.807) is 4.90 Å². The van der Waals surface area contributed by atoms with Crippen molar-refractivity contribution < 1.29 is 14.7 Å². The average molecular weight is 238 g/mol. The summed E-state index contributed by atoms with van der Waals surface area (Å²) < 4.78 is 0. The normalized spacial score (nSPS) is 23.2. The van der Waals surface area contributed by atoms with Crippen molar-refractivity contribution in [1.82, 2.24) is 9.80 Å². The van der Waals surface area contributed by atoms with Crippen LogP contribution in [-0.2, 0) is 4.79 Å². The van der Waals surface area contributed by atoms with Crippen LogP contribution >= 0.6 is 0 Å². The molecule has 0 aromatic rings. The fraction of sp³-hybridized carbons (Fsp3) is 0.667. The second-order valence-corrected chi connectivity index (χ2v) is 4.60. The molecule has 0 aromatic heterocycles. The smallest absolute Gasteiger partial charge is 0.323 e. The second kappa shape index (κ2) is 5.58. The first-order valence-electron chi connectivity index (χ1n) is 5.64. The summed E-state index contributed by atoms with van der Waals surface area (Å²) in [7, 11) is 0. The van der Waals surface area contributed by atoms with Gasteiger partial charge in [0.05, 0.1) is 6.54 Å². The minimum atomic E-state index is -1.05. The predicted molar refractivity (Wildman–Crippen MR) is 63.3 cm³/mol. The van der Waals surface area contributed by atoms with Gasteiger partial charge in [-0.25, -0.2) is 4.79 Å². The van der Waals surface area contributed by atoms with Crippen LogP contribution in [0.25, 0.3) is 0 Å². The maximum atomic E-state index is 12.1. The summed E-state index contributed by atoms with van der Waals surface area (Å²) in [5, 5.41) is 8.73. The number of terminal acetylenes is 1. The number of carboxylic acid groups (broad SMARTS) is 1. The Morgan fingerprint density at radius 2 is 1.94 bits per heavy atom. The summed E-state index contributed by atoms with van der Waals surface area (Å²) in [6.07, 6.45) is 5.14. The van der Waals surface area contributed by atoms with E-state index in [2.05, 4.69) is 19.8 Å². The molecule has 17 heavy (non-hydrogen) atoms. The SMILES string of the molecule is C#CCN(CC(=O)O)C(=O)N1CC(C)C(C)C1. The lowest BCUT2D eigenvalue weighted by Crippen LogP contribution is -2.44. The molecule has 1 aliphatic heterocycles. The highest BCUT2D eigenvalue weighted by molar-refractivity contribution is 5.80. The Labute approximate surface area is 101 Å². The van der Waals surface area contributed by atoms with Crippen LogP contribution in [0.5, 0.6) is 0 Å². The number of nitrogens with zero attached hydrogens (tertiary/aromatic N) is 2. The van der Waals surface area contributed by atoms with E-state index in [0.717, 1.165) is 0 Å². The van der Waals surface area contributed by atoms with Gasteiger partial charge in [0, 0.05) is 13.1 Å². The van der Waals surface area contributed by atoms with Gasteiger partial charge in [-0.15, -0.1) is 6.42 Å². The maximum Gasteiger partial charge on any atom is 0.323 e. The highest BCUT2D eigenvalue weighted by Crippen LogP contribution is 2.22. The maximum absolute atomic E-state index is 12.1. The molecule has 1 N–H and O–H groups in total. The molecule has 1 fully saturated rings. The van der Waals surface area contributed by atoms with Crippen molar-refractivity contribution >= 4 is 12.0 Å².